The van der Waals surface area contributed by atoms with Crippen LogP contribution in [0.4, 0.5) is 0 Å². The first-order valence-electron chi connectivity index (χ1n) is 8.63. The zero-order valence-electron chi connectivity index (χ0n) is 14.9. The molecule has 28 heavy (non-hydrogen) atoms. The van der Waals surface area contributed by atoms with Crippen molar-refractivity contribution in [1.82, 2.24) is 5.48 Å². The van der Waals surface area contributed by atoms with E-state index in [1.807, 2.05) is 30.3 Å². The van der Waals surface area contributed by atoms with E-state index < -0.39 is 33.2 Å². The molecule has 3 rings (SSSR count). The van der Waals surface area contributed by atoms with Crippen LogP contribution in [0.2, 0.25) is 0 Å². The van der Waals surface area contributed by atoms with Gasteiger partial charge in [0.2, 0.25) is 0 Å². The predicted molar refractivity (Wildman–Crippen MR) is 98.5 cm³/mol. The minimum absolute atomic E-state index is 0.0596. The third-order valence-corrected chi connectivity index (χ3v) is 6.95. The van der Waals surface area contributed by atoms with Crippen molar-refractivity contribution in [2.45, 2.75) is 28.8 Å². The molecule has 1 aliphatic heterocycles. The van der Waals surface area contributed by atoms with E-state index in [-0.39, 0.29) is 17.9 Å². The molecule has 1 amide bonds. The predicted octanol–water partition coefficient (Wildman–Crippen LogP) is 1.06. The molecule has 150 valence electrons. The van der Waals surface area contributed by atoms with E-state index in [0.29, 0.717) is 12.4 Å². The first-order valence-corrected chi connectivity index (χ1v) is 10.2. The highest BCUT2D eigenvalue weighted by atomic mass is 32.2. The molecule has 0 radical (unpaired) electrons. The number of amides is 1. The van der Waals surface area contributed by atoms with Crippen LogP contribution in [0, 0.1) is 0 Å². The highest BCUT2D eigenvalue weighted by Gasteiger charge is 2.53. The second-order valence-electron chi connectivity index (χ2n) is 6.49. The van der Waals surface area contributed by atoms with Crippen LogP contribution in [0.5, 0.6) is 5.75 Å². The van der Waals surface area contributed by atoms with Gasteiger partial charge < -0.3 is 14.6 Å². The van der Waals surface area contributed by atoms with Crippen molar-refractivity contribution in [2.75, 3.05) is 13.2 Å². The fourth-order valence-corrected chi connectivity index (χ4v) is 5.04. The molecule has 0 saturated carbocycles. The summed E-state index contributed by atoms with van der Waals surface area (Å²) in [5.41, 5.74) is -0.0903. The Bertz CT molecular complexity index is 915. The van der Waals surface area contributed by atoms with Gasteiger partial charge in [0.25, 0.3) is 5.91 Å². The van der Waals surface area contributed by atoms with Crippen molar-refractivity contribution < 1.29 is 33.0 Å². The molecule has 0 spiro atoms. The van der Waals surface area contributed by atoms with Crippen molar-refractivity contribution in [3.63, 3.8) is 0 Å². The van der Waals surface area contributed by atoms with Gasteiger partial charge in [-0.05, 0) is 36.2 Å². The van der Waals surface area contributed by atoms with Gasteiger partial charge in [-0.1, -0.05) is 30.3 Å². The molecule has 0 aliphatic carbocycles. The number of hydroxylamine groups is 1. The lowest BCUT2D eigenvalue weighted by Gasteiger charge is -2.36. The summed E-state index contributed by atoms with van der Waals surface area (Å²) >= 11 is 0. The SMILES string of the molecule is O=C(NO)C1(O)COCCC1S(=O)(=O)c1ccc(OCc2ccccc2)cc1. The zero-order chi connectivity index (χ0) is 20.2. The van der Waals surface area contributed by atoms with Gasteiger partial charge in [0.15, 0.2) is 15.4 Å². The number of benzene rings is 2. The van der Waals surface area contributed by atoms with Crippen molar-refractivity contribution in [3.05, 3.63) is 60.2 Å². The van der Waals surface area contributed by atoms with Gasteiger partial charge in [0, 0.05) is 6.61 Å². The number of carbonyl (C=O) groups is 1. The number of nitrogens with one attached hydrogen (secondary N) is 1. The van der Waals surface area contributed by atoms with Crippen LogP contribution in [0.25, 0.3) is 0 Å². The Balaban J connectivity index is 1.78. The maximum Gasteiger partial charge on any atom is 0.279 e. The highest BCUT2D eigenvalue weighted by Crippen LogP contribution is 2.31. The Morgan fingerprint density at radius 2 is 1.86 bits per heavy atom. The van der Waals surface area contributed by atoms with E-state index in [9.17, 15) is 18.3 Å². The summed E-state index contributed by atoms with van der Waals surface area (Å²) in [4.78, 5) is 11.8. The molecule has 2 unspecified atom stereocenters. The van der Waals surface area contributed by atoms with Crippen LogP contribution in [-0.2, 0) is 26.0 Å². The van der Waals surface area contributed by atoms with E-state index in [1.165, 1.54) is 29.7 Å². The van der Waals surface area contributed by atoms with E-state index in [1.54, 1.807) is 0 Å². The summed E-state index contributed by atoms with van der Waals surface area (Å²) in [6, 6.07) is 15.3. The fourth-order valence-electron chi connectivity index (χ4n) is 3.10. The maximum absolute atomic E-state index is 13.0. The molecule has 1 fully saturated rings. The number of aliphatic hydroxyl groups is 1. The number of hydrogen-bond donors (Lipinski definition) is 3. The molecule has 2 aromatic carbocycles. The Morgan fingerprint density at radius 1 is 1.18 bits per heavy atom. The number of ether oxygens (including phenoxy) is 2. The number of rotatable bonds is 6. The molecule has 2 atom stereocenters. The van der Waals surface area contributed by atoms with Crippen LogP contribution in [0.3, 0.4) is 0 Å². The van der Waals surface area contributed by atoms with Crippen molar-refractivity contribution in [3.8, 4) is 5.75 Å². The fraction of sp³-hybridized carbons (Fsp3) is 0.316. The highest BCUT2D eigenvalue weighted by molar-refractivity contribution is 7.92. The molecule has 1 aliphatic rings. The summed E-state index contributed by atoms with van der Waals surface area (Å²) in [5, 5.41) is 18.0. The van der Waals surface area contributed by atoms with Gasteiger partial charge >= 0.3 is 0 Å². The van der Waals surface area contributed by atoms with Crippen LogP contribution in [-0.4, -0.2) is 48.7 Å². The molecule has 1 heterocycles. The van der Waals surface area contributed by atoms with E-state index in [2.05, 4.69) is 0 Å². The molecule has 9 heteroatoms. The first kappa shape index (κ1) is 20.3. The summed E-state index contributed by atoms with van der Waals surface area (Å²) in [6.45, 7) is -0.117. The van der Waals surface area contributed by atoms with Gasteiger partial charge in [-0.3, -0.25) is 10.0 Å². The van der Waals surface area contributed by atoms with Gasteiger partial charge in [-0.25, -0.2) is 13.9 Å². The van der Waals surface area contributed by atoms with Crippen LogP contribution in [0.15, 0.2) is 59.5 Å². The molecule has 8 nitrogen and oxygen atoms in total. The maximum atomic E-state index is 13.0. The lowest BCUT2D eigenvalue weighted by atomic mass is 9.95. The summed E-state index contributed by atoms with van der Waals surface area (Å²) in [7, 11) is -4.07. The third kappa shape index (κ3) is 4.02. The third-order valence-electron chi connectivity index (χ3n) is 4.65. The summed E-state index contributed by atoms with van der Waals surface area (Å²) < 4.78 is 36.7. The number of hydrogen-bond acceptors (Lipinski definition) is 7. The second-order valence-corrected chi connectivity index (χ2v) is 8.62. The standard InChI is InChI=1S/C19H21NO7S/c21-18(20-23)19(22)13-26-11-10-17(19)28(24,25)16-8-6-15(7-9-16)27-12-14-4-2-1-3-5-14/h1-9,17,22-23H,10-13H2,(H,20,21). The first-order chi connectivity index (χ1) is 13.4. The topological polar surface area (TPSA) is 122 Å². The van der Waals surface area contributed by atoms with Crippen molar-refractivity contribution in [2.24, 2.45) is 0 Å². The Morgan fingerprint density at radius 3 is 2.50 bits per heavy atom. The Hall–Kier alpha value is -2.46. The number of carbonyl (C=O) groups excluding carboxylic acids is 1. The molecule has 1 saturated heterocycles. The van der Waals surface area contributed by atoms with Crippen LogP contribution in [0.1, 0.15) is 12.0 Å². The van der Waals surface area contributed by atoms with Gasteiger partial charge in [-0.15, -0.1) is 0 Å². The average Bonchev–Trinajstić information content (AvgIpc) is 2.73. The Kier molecular flexibility index (Phi) is 5.99. The summed E-state index contributed by atoms with van der Waals surface area (Å²) in [6.07, 6.45) is -0.0848. The zero-order valence-corrected chi connectivity index (χ0v) is 15.8. The van der Waals surface area contributed by atoms with Crippen molar-refractivity contribution in [1.29, 1.82) is 0 Å². The van der Waals surface area contributed by atoms with Crippen molar-refractivity contribution >= 4 is 15.7 Å². The largest absolute Gasteiger partial charge is 0.489 e. The second kappa shape index (κ2) is 8.27. The van der Waals surface area contributed by atoms with Crippen LogP contribution >= 0.6 is 0 Å². The molecule has 0 bridgehead atoms. The molecular weight excluding hydrogens is 386 g/mol. The van der Waals surface area contributed by atoms with E-state index >= 15 is 0 Å². The number of sulfone groups is 1. The van der Waals surface area contributed by atoms with Gasteiger partial charge in [-0.2, -0.15) is 0 Å². The minimum Gasteiger partial charge on any atom is -0.489 e. The lowest BCUT2D eigenvalue weighted by molar-refractivity contribution is -0.161. The van der Waals surface area contributed by atoms with Crippen LogP contribution < -0.4 is 10.2 Å². The monoisotopic (exact) mass is 407 g/mol. The molecular formula is C19H21NO7S. The minimum atomic E-state index is -4.07. The molecule has 2 aromatic rings. The summed E-state index contributed by atoms with van der Waals surface area (Å²) in [5.74, 6) is -0.735. The van der Waals surface area contributed by atoms with Gasteiger partial charge in [0.05, 0.1) is 11.5 Å². The quantitative estimate of drug-likeness (QED) is 0.483. The normalized spacial score (nSPS) is 22.4. The molecule has 0 aromatic heterocycles. The average molecular weight is 407 g/mol. The Labute approximate surface area is 162 Å². The lowest BCUT2D eigenvalue weighted by Crippen LogP contribution is -2.62. The molecule has 3 N–H and O–H groups in total. The van der Waals surface area contributed by atoms with E-state index in [0.717, 1.165) is 5.56 Å². The van der Waals surface area contributed by atoms with E-state index in [4.69, 9.17) is 14.7 Å². The van der Waals surface area contributed by atoms with Gasteiger partial charge in [0.1, 0.15) is 17.6 Å². The smallest absolute Gasteiger partial charge is 0.279 e.